The lowest BCUT2D eigenvalue weighted by Gasteiger charge is -2.44. The van der Waals surface area contributed by atoms with Gasteiger partial charge in [0.25, 0.3) is 0 Å². The Morgan fingerprint density at radius 1 is 1.07 bits per heavy atom. The van der Waals surface area contributed by atoms with E-state index in [4.69, 9.17) is 9.47 Å². The van der Waals surface area contributed by atoms with Crippen LogP contribution >= 0.6 is 0 Å². The van der Waals surface area contributed by atoms with Crippen molar-refractivity contribution in [1.82, 2.24) is 14.9 Å². The van der Waals surface area contributed by atoms with Gasteiger partial charge in [0.15, 0.2) is 0 Å². The van der Waals surface area contributed by atoms with E-state index in [0.717, 1.165) is 44.1 Å². The van der Waals surface area contributed by atoms with Crippen LogP contribution in [0, 0.1) is 5.41 Å². The molecule has 3 aliphatic rings. The average Bonchev–Trinajstić information content (AvgIpc) is 3.59. The molecule has 10 heteroatoms. The lowest BCUT2D eigenvalue weighted by Crippen LogP contribution is -2.60. The molecule has 242 valence electrons. The third-order valence-corrected chi connectivity index (χ3v) is 11.9. The van der Waals surface area contributed by atoms with Crippen LogP contribution in [-0.2, 0) is 25.1 Å². The normalized spacial score (nSPS) is 25.3. The molecule has 2 aromatic rings. The molecule has 5 rings (SSSR count). The number of amides is 1. The molecule has 1 amide bonds. The van der Waals surface area contributed by atoms with E-state index in [1.807, 2.05) is 44.2 Å². The maximum Gasteiger partial charge on any atom is 0.240 e. The first-order valence-electron chi connectivity index (χ1n) is 16.2. The minimum absolute atomic E-state index is 0.00488. The number of aliphatic hydroxyl groups is 1. The summed E-state index contributed by atoms with van der Waals surface area (Å²) in [5.74, 6) is 0.603. The van der Waals surface area contributed by atoms with Crippen LogP contribution < -0.4 is 14.8 Å². The van der Waals surface area contributed by atoms with Crippen LogP contribution in [0.4, 0.5) is 0 Å². The monoisotopic (exact) mass is 627 g/mol. The number of methoxy groups -OCH3 is 1. The zero-order valence-corrected chi connectivity index (χ0v) is 27.2. The number of hydrogen-bond acceptors (Lipinski definition) is 7. The van der Waals surface area contributed by atoms with Gasteiger partial charge in [0.05, 0.1) is 29.1 Å². The van der Waals surface area contributed by atoms with E-state index in [0.29, 0.717) is 44.8 Å². The highest BCUT2D eigenvalue weighted by Gasteiger charge is 2.48. The van der Waals surface area contributed by atoms with Crippen LogP contribution in [0.3, 0.4) is 0 Å². The van der Waals surface area contributed by atoms with Gasteiger partial charge >= 0.3 is 0 Å². The van der Waals surface area contributed by atoms with Gasteiger partial charge in [-0.05, 0) is 88.6 Å². The molecular weight excluding hydrogens is 578 g/mol. The quantitative estimate of drug-likeness (QED) is 0.267. The van der Waals surface area contributed by atoms with Crippen LogP contribution in [-0.4, -0.2) is 75.4 Å². The van der Waals surface area contributed by atoms with Crippen LogP contribution in [0.15, 0.2) is 59.5 Å². The Bertz CT molecular complexity index is 1330. The summed E-state index contributed by atoms with van der Waals surface area (Å²) >= 11 is 0. The maximum atomic E-state index is 14.1. The fourth-order valence-corrected chi connectivity index (χ4v) is 8.91. The lowest BCUT2D eigenvalue weighted by molar-refractivity contribution is -0.136. The molecule has 2 unspecified atom stereocenters. The zero-order valence-electron chi connectivity index (χ0n) is 26.3. The number of fused-ring (bicyclic) bond motifs is 2. The predicted molar refractivity (Wildman–Crippen MR) is 170 cm³/mol. The Hall–Kier alpha value is -2.50. The fourth-order valence-electron chi connectivity index (χ4n) is 7.65. The molecule has 3 N–H and O–H groups in total. The second-order valence-corrected chi connectivity index (χ2v) is 14.7. The summed E-state index contributed by atoms with van der Waals surface area (Å²) in [6, 6.07) is 16.3. The number of nitrogens with one attached hydrogen (secondary N) is 2. The van der Waals surface area contributed by atoms with E-state index in [1.165, 1.54) is 0 Å². The molecule has 2 heterocycles. The number of carbonyl (C=O) groups is 1. The topological polar surface area (TPSA) is 117 Å². The van der Waals surface area contributed by atoms with Gasteiger partial charge in [0.1, 0.15) is 5.75 Å². The highest BCUT2D eigenvalue weighted by Crippen LogP contribution is 2.43. The molecule has 0 spiro atoms. The molecule has 0 radical (unpaired) electrons. The van der Waals surface area contributed by atoms with Crippen molar-refractivity contribution >= 4 is 15.9 Å². The van der Waals surface area contributed by atoms with Crippen LogP contribution in [0.2, 0.25) is 0 Å². The third-order valence-electron chi connectivity index (χ3n) is 10.3. The second-order valence-electron chi connectivity index (χ2n) is 13.0. The van der Waals surface area contributed by atoms with Crippen molar-refractivity contribution in [3.8, 4) is 5.75 Å². The van der Waals surface area contributed by atoms with Crippen molar-refractivity contribution in [2.45, 2.75) is 106 Å². The maximum absolute atomic E-state index is 14.1. The fraction of sp³-hybridized carbons (Fsp3) is 0.618. The van der Waals surface area contributed by atoms with Crippen molar-refractivity contribution in [2.75, 3.05) is 26.9 Å². The molecular formula is C34H49N3O6S. The first-order valence-corrected chi connectivity index (χ1v) is 17.6. The largest absolute Gasteiger partial charge is 0.497 e. The van der Waals surface area contributed by atoms with Gasteiger partial charge in [-0.2, -0.15) is 0 Å². The van der Waals surface area contributed by atoms with Gasteiger partial charge in [-0.1, -0.05) is 43.2 Å². The Morgan fingerprint density at radius 2 is 1.70 bits per heavy atom. The molecule has 3 fully saturated rings. The average molecular weight is 628 g/mol. The Labute approximate surface area is 262 Å². The second kappa shape index (κ2) is 13.9. The Kier molecular flexibility index (Phi) is 10.4. The number of rotatable bonds is 14. The number of nitrogens with zero attached hydrogens (tertiary/aromatic N) is 1. The first-order chi connectivity index (χ1) is 21.1. The van der Waals surface area contributed by atoms with E-state index in [9.17, 15) is 18.3 Å². The zero-order chi connectivity index (χ0) is 31.4. The van der Waals surface area contributed by atoms with Crippen LogP contribution in [0.1, 0.15) is 77.2 Å². The van der Waals surface area contributed by atoms with Gasteiger partial charge in [-0.25, -0.2) is 13.1 Å². The molecule has 2 saturated heterocycles. The van der Waals surface area contributed by atoms with Gasteiger partial charge in [0, 0.05) is 37.9 Å². The molecule has 1 saturated carbocycles. The molecule has 2 bridgehead atoms. The first kappa shape index (κ1) is 32.9. The number of carbonyl (C=O) groups excluding carboxylic acids is 1. The van der Waals surface area contributed by atoms with Crippen molar-refractivity contribution in [3.05, 3.63) is 60.2 Å². The van der Waals surface area contributed by atoms with E-state index in [-0.39, 0.29) is 28.9 Å². The summed E-state index contributed by atoms with van der Waals surface area (Å²) in [6.45, 7) is 5.48. The highest BCUT2D eigenvalue weighted by atomic mass is 32.2. The van der Waals surface area contributed by atoms with Crippen LogP contribution in [0.5, 0.6) is 5.75 Å². The van der Waals surface area contributed by atoms with Gasteiger partial charge in [-0.3, -0.25) is 9.69 Å². The predicted octanol–water partition coefficient (Wildman–Crippen LogP) is 4.35. The van der Waals surface area contributed by atoms with E-state index in [1.54, 1.807) is 31.4 Å². The van der Waals surface area contributed by atoms with Crippen molar-refractivity contribution in [1.29, 1.82) is 0 Å². The van der Waals surface area contributed by atoms with Crippen molar-refractivity contribution in [2.24, 2.45) is 5.41 Å². The Morgan fingerprint density at radius 3 is 2.30 bits per heavy atom. The summed E-state index contributed by atoms with van der Waals surface area (Å²) in [6.07, 6.45) is 6.76. The minimum atomic E-state index is -3.67. The summed E-state index contributed by atoms with van der Waals surface area (Å²) in [5, 5.41) is 15.3. The van der Waals surface area contributed by atoms with Crippen molar-refractivity contribution in [3.63, 3.8) is 0 Å². The summed E-state index contributed by atoms with van der Waals surface area (Å²) in [5.41, 5.74) is -0.608. The highest BCUT2D eigenvalue weighted by molar-refractivity contribution is 7.89. The number of benzene rings is 2. The standard InChI is InChI=1S/C34H49N3O6S/c1-4-43-21-20-34(18-8-9-19-34)32(39)35-33(2,25-10-6-5-7-11-25)31(38)24-37-27-12-13-28(37)23-26(22-27)36-44(40,41)30-16-14-29(42-3)15-17-30/h5-7,10-11,14-17,26-28,31,36,38H,4,8-9,12-13,18-24H2,1-3H3,(H,35,39)/t26?,27?,28?,31-,33+/m1/s1. The molecule has 44 heavy (non-hydrogen) atoms. The van der Waals surface area contributed by atoms with E-state index >= 15 is 0 Å². The molecule has 9 nitrogen and oxygen atoms in total. The van der Waals surface area contributed by atoms with Crippen molar-refractivity contribution < 1.29 is 27.8 Å². The minimum Gasteiger partial charge on any atom is -0.497 e. The number of aliphatic hydroxyl groups excluding tert-OH is 1. The van der Waals surface area contributed by atoms with Crippen LogP contribution in [0.25, 0.3) is 0 Å². The van der Waals surface area contributed by atoms with E-state index in [2.05, 4.69) is 14.9 Å². The number of sulfonamides is 1. The number of ether oxygens (including phenoxy) is 2. The summed E-state index contributed by atoms with van der Waals surface area (Å²) in [4.78, 5) is 16.6. The van der Waals surface area contributed by atoms with E-state index < -0.39 is 27.1 Å². The summed E-state index contributed by atoms with van der Waals surface area (Å²) in [7, 11) is -2.12. The number of piperidine rings is 1. The van der Waals surface area contributed by atoms with Gasteiger partial charge in [-0.15, -0.1) is 0 Å². The summed E-state index contributed by atoms with van der Waals surface area (Å²) < 4.78 is 40.1. The molecule has 1 aliphatic carbocycles. The smallest absolute Gasteiger partial charge is 0.240 e. The molecule has 2 aliphatic heterocycles. The third kappa shape index (κ3) is 6.99. The SMILES string of the molecule is CCOCCC1(C(=O)N[C@@](C)(c2ccccc2)[C@H](O)CN2C3CCC2CC(NS(=O)(=O)c2ccc(OC)cc2)C3)CCCC1. The molecule has 4 atom stereocenters. The van der Waals surface area contributed by atoms with Gasteiger partial charge in [0.2, 0.25) is 15.9 Å². The Balaban J connectivity index is 1.29. The van der Waals surface area contributed by atoms with Gasteiger partial charge < -0.3 is 19.9 Å². The molecule has 2 aromatic carbocycles. The lowest BCUT2D eigenvalue weighted by atomic mass is 9.79. The molecule has 0 aromatic heterocycles. The number of hydrogen-bond donors (Lipinski definition) is 3.